The zero-order chi connectivity index (χ0) is 14.0. The number of amides is 1. The van der Waals surface area contributed by atoms with Gasteiger partial charge in [-0.25, -0.2) is 4.39 Å². The van der Waals surface area contributed by atoms with Gasteiger partial charge in [-0.05, 0) is 36.8 Å². The lowest BCUT2D eigenvalue weighted by Gasteiger charge is -2.10. The Kier molecular flexibility index (Phi) is 3.71. The Bertz CT molecular complexity index is 643. The third-order valence-corrected chi connectivity index (χ3v) is 3.00. The van der Waals surface area contributed by atoms with Crippen LogP contribution in [0.25, 0.3) is 0 Å². The summed E-state index contributed by atoms with van der Waals surface area (Å²) >= 11 is 5.98. The Morgan fingerprint density at radius 1 is 1.32 bits per heavy atom. The highest BCUT2D eigenvalue weighted by Crippen LogP contribution is 2.24. The van der Waals surface area contributed by atoms with Crippen LogP contribution in [0.15, 0.2) is 36.4 Å². The number of nitrogens with two attached hydrogens (primary N) is 1. The van der Waals surface area contributed by atoms with E-state index in [0.29, 0.717) is 10.7 Å². The summed E-state index contributed by atoms with van der Waals surface area (Å²) in [5.41, 5.74) is 6.86. The molecule has 1 amide bonds. The van der Waals surface area contributed by atoms with E-state index in [1.54, 1.807) is 12.1 Å². The maximum atomic E-state index is 13.3. The topological polar surface area (TPSA) is 55.1 Å². The van der Waals surface area contributed by atoms with Crippen LogP contribution >= 0.6 is 11.6 Å². The Morgan fingerprint density at radius 3 is 2.79 bits per heavy atom. The Balaban J connectivity index is 2.31. The number of anilines is 2. The lowest BCUT2D eigenvalue weighted by atomic mass is 10.1. The van der Waals surface area contributed by atoms with Gasteiger partial charge in [-0.2, -0.15) is 0 Å². The molecular formula is C14H12ClFN2O. The summed E-state index contributed by atoms with van der Waals surface area (Å²) in [6.07, 6.45) is 0. The lowest BCUT2D eigenvalue weighted by Crippen LogP contribution is -2.15. The molecule has 0 spiro atoms. The molecule has 98 valence electrons. The number of nitrogens with one attached hydrogen (secondary N) is 1. The molecule has 2 rings (SSSR count). The molecule has 3 N–H and O–H groups in total. The molecule has 5 heteroatoms. The van der Waals surface area contributed by atoms with Gasteiger partial charge >= 0.3 is 0 Å². The van der Waals surface area contributed by atoms with Crippen LogP contribution in [0.2, 0.25) is 5.02 Å². The van der Waals surface area contributed by atoms with Crippen molar-refractivity contribution in [3.05, 3.63) is 58.4 Å². The first-order chi connectivity index (χ1) is 8.99. The average Bonchev–Trinajstić information content (AvgIpc) is 2.37. The fraction of sp³-hybridized carbons (Fsp3) is 0.0714. The van der Waals surface area contributed by atoms with Crippen molar-refractivity contribution in [3.63, 3.8) is 0 Å². The molecule has 3 nitrogen and oxygen atoms in total. The molecule has 0 saturated heterocycles. The van der Waals surface area contributed by atoms with Crippen molar-refractivity contribution in [2.45, 2.75) is 6.92 Å². The summed E-state index contributed by atoms with van der Waals surface area (Å²) < 4.78 is 13.3. The summed E-state index contributed by atoms with van der Waals surface area (Å²) in [5.74, 6) is -1.12. The molecule has 0 saturated carbocycles. The molecule has 2 aromatic carbocycles. The van der Waals surface area contributed by atoms with Crippen molar-refractivity contribution in [3.8, 4) is 0 Å². The molecule has 0 unspecified atom stereocenters. The van der Waals surface area contributed by atoms with Crippen LogP contribution in [0.1, 0.15) is 15.9 Å². The normalized spacial score (nSPS) is 10.3. The van der Waals surface area contributed by atoms with Crippen molar-refractivity contribution in [2.24, 2.45) is 0 Å². The minimum atomic E-state index is -0.622. The number of hydrogen-bond acceptors (Lipinski definition) is 2. The molecule has 0 fully saturated rings. The average molecular weight is 279 g/mol. The molecular weight excluding hydrogens is 267 g/mol. The van der Waals surface area contributed by atoms with Gasteiger partial charge in [0.05, 0.1) is 22.0 Å². The SMILES string of the molecule is Cc1ccc(Cl)c(NC(=O)c2cccc(F)c2N)c1. The number of carbonyl (C=O) groups excluding carboxylic acids is 1. The summed E-state index contributed by atoms with van der Waals surface area (Å²) in [4.78, 5) is 12.0. The largest absolute Gasteiger partial charge is 0.396 e. The van der Waals surface area contributed by atoms with Gasteiger partial charge < -0.3 is 11.1 Å². The summed E-state index contributed by atoms with van der Waals surface area (Å²) in [5, 5.41) is 3.03. The minimum Gasteiger partial charge on any atom is -0.396 e. The number of rotatable bonds is 2. The van der Waals surface area contributed by atoms with Crippen LogP contribution < -0.4 is 11.1 Å². The fourth-order valence-corrected chi connectivity index (χ4v) is 1.82. The predicted octanol–water partition coefficient (Wildman–Crippen LogP) is 3.62. The van der Waals surface area contributed by atoms with Gasteiger partial charge in [0.2, 0.25) is 0 Å². The first kappa shape index (κ1) is 13.4. The van der Waals surface area contributed by atoms with E-state index in [4.69, 9.17) is 17.3 Å². The van der Waals surface area contributed by atoms with Crippen LogP contribution in [0.5, 0.6) is 0 Å². The number of nitrogen functional groups attached to an aromatic ring is 1. The monoisotopic (exact) mass is 278 g/mol. The second-order valence-corrected chi connectivity index (χ2v) is 4.55. The molecule has 0 aromatic heterocycles. The van der Waals surface area contributed by atoms with Crippen molar-refractivity contribution in [1.29, 1.82) is 0 Å². The van der Waals surface area contributed by atoms with Crippen molar-refractivity contribution >= 4 is 28.9 Å². The number of hydrogen-bond donors (Lipinski definition) is 2. The standard InChI is InChI=1S/C14H12ClFN2O/c1-8-5-6-10(15)12(7-8)18-14(19)9-3-2-4-11(16)13(9)17/h2-7H,17H2,1H3,(H,18,19). The first-order valence-electron chi connectivity index (χ1n) is 5.60. The molecule has 2 aromatic rings. The Labute approximate surface area is 115 Å². The van der Waals surface area contributed by atoms with Gasteiger partial charge in [-0.3, -0.25) is 4.79 Å². The van der Waals surface area contributed by atoms with Crippen molar-refractivity contribution in [1.82, 2.24) is 0 Å². The third kappa shape index (κ3) is 2.85. The van der Waals surface area contributed by atoms with Gasteiger partial charge in [0, 0.05) is 0 Å². The zero-order valence-corrected chi connectivity index (χ0v) is 11.0. The molecule has 0 aliphatic heterocycles. The van der Waals surface area contributed by atoms with Gasteiger partial charge in [0.1, 0.15) is 5.82 Å². The van der Waals surface area contributed by atoms with E-state index < -0.39 is 11.7 Å². The smallest absolute Gasteiger partial charge is 0.257 e. The molecule has 19 heavy (non-hydrogen) atoms. The number of carbonyl (C=O) groups is 1. The van der Waals surface area contributed by atoms with E-state index in [1.165, 1.54) is 18.2 Å². The van der Waals surface area contributed by atoms with Crippen molar-refractivity contribution < 1.29 is 9.18 Å². The van der Waals surface area contributed by atoms with Crippen LogP contribution in [0.4, 0.5) is 15.8 Å². The van der Waals surface area contributed by atoms with E-state index in [9.17, 15) is 9.18 Å². The first-order valence-corrected chi connectivity index (χ1v) is 5.98. The van der Waals surface area contributed by atoms with E-state index in [-0.39, 0.29) is 11.3 Å². The predicted molar refractivity (Wildman–Crippen MR) is 75.0 cm³/mol. The Hall–Kier alpha value is -2.07. The number of aryl methyl sites for hydroxylation is 1. The number of halogens is 2. The van der Waals surface area contributed by atoms with Crippen LogP contribution in [0.3, 0.4) is 0 Å². The Morgan fingerprint density at radius 2 is 2.05 bits per heavy atom. The van der Waals surface area contributed by atoms with Crippen LogP contribution in [-0.4, -0.2) is 5.91 Å². The van der Waals surface area contributed by atoms with Gasteiger partial charge in [0.25, 0.3) is 5.91 Å². The summed E-state index contributed by atoms with van der Waals surface area (Å²) in [6.45, 7) is 1.88. The molecule has 0 atom stereocenters. The maximum absolute atomic E-state index is 13.3. The highest BCUT2D eigenvalue weighted by molar-refractivity contribution is 6.34. The molecule has 0 radical (unpaired) electrons. The number of benzene rings is 2. The highest BCUT2D eigenvalue weighted by atomic mass is 35.5. The van der Waals surface area contributed by atoms with Crippen LogP contribution in [-0.2, 0) is 0 Å². The lowest BCUT2D eigenvalue weighted by molar-refractivity contribution is 0.102. The van der Waals surface area contributed by atoms with Crippen molar-refractivity contribution in [2.75, 3.05) is 11.1 Å². The van der Waals surface area contributed by atoms with E-state index in [2.05, 4.69) is 5.32 Å². The number of para-hydroxylation sites is 1. The second-order valence-electron chi connectivity index (χ2n) is 4.14. The second kappa shape index (κ2) is 5.28. The van der Waals surface area contributed by atoms with E-state index in [1.807, 2.05) is 13.0 Å². The molecule has 0 aliphatic carbocycles. The third-order valence-electron chi connectivity index (χ3n) is 2.67. The summed E-state index contributed by atoms with van der Waals surface area (Å²) in [6, 6.07) is 9.33. The van der Waals surface area contributed by atoms with Gasteiger partial charge in [-0.15, -0.1) is 0 Å². The maximum Gasteiger partial charge on any atom is 0.257 e. The minimum absolute atomic E-state index is 0.0811. The van der Waals surface area contributed by atoms with E-state index in [0.717, 1.165) is 5.56 Å². The molecule has 0 bridgehead atoms. The van der Waals surface area contributed by atoms with Gasteiger partial charge in [-0.1, -0.05) is 23.7 Å². The zero-order valence-electron chi connectivity index (χ0n) is 10.2. The quantitative estimate of drug-likeness (QED) is 0.824. The fourth-order valence-electron chi connectivity index (χ4n) is 1.66. The van der Waals surface area contributed by atoms with Crippen LogP contribution in [0, 0.1) is 12.7 Å². The molecule has 0 aliphatic rings. The molecule has 0 heterocycles. The highest BCUT2D eigenvalue weighted by Gasteiger charge is 2.13. The van der Waals surface area contributed by atoms with E-state index >= 15 is 0 Å². The summed E-state index contributed by atoms with van der Waals surface area (Å²) in [7, 11) is 0. The van der Waals surface area contributed by atoms with Gasteiger partial charge in [0.15, 0.2) is 0 Å².